The molecule has 0 radical (unpaired) electrons. The lowest BCUT2D eigenvalue weighted by atomic mass is 10.2. The monoisotopic (exact) mass is 408 g/mol. The maximum Gasteiger partial charge on any atom is 0.422 e. The van der Waals surface area contributed by atoms with E-state index in [0.717, 1.165) is 0 Å². The van der Waals surface area contributed by atoms with Crippen LogP contribution in [0.5, 0.6) is 5.75 Å². The van der Waals surface area contributed by atoms with Crippen LogP contribution in [0.2, 0.25) is 0 Å². The third-order valence-electron chi connectivity index (χ3n) is 4.18. The zero-order chi connectivity index (χ0) is 21.0. The number of ether oxygens (including phenoxy) is 2. The molecule has 10 heteroatoms. The molecule has 2 aromatic heterocycles. The predicted molar refractivity (Wildman–Crippen MR) is 99.0 cm³/mol. The van der Waals surface area contributed by atoms with Gasteiger partial charge in [-0.3, -0.25) is 14.5 Å². The van der Waals surface area contributed by atoms with Crippen molar-refractivity contribution >= 4 is 0 Å². The average Bonchev–Trinajstić information content (AvgIpc) is 3.22. The summed E-state index contributed by atoms with van der Waals surface area (Å²) < 4.78 is 48.5. The molecule has 29 heavy (non-hydrogen) atoms. The first kappa shape index (κ1) is 20.6. The number of nitrogens with zero attached hydrogens (tertiary/aromatic N) is 3. The molecule has 2 heterocycles. The van der Waals surface area contributed by atoms with Crippen molar-refractivity contribution in [2.75, 3.05) is 13.7 Å². The van der Waals surface area contributed by atoms with Gasteiger partial charge < -0.3 is 9.47 Å². The molecule has 0 saturated heterocycles. The van der Waals surface area contributed by atoms with Crippen molar-refractivity contribution in [3.63, 3.8) is 0 Å². The number of halogens is 3. The van der Waals surface area contributed by atoms with E-state index in [1.807, 2.05) is 6.92 Å². The zero-order valence-electron chi connectivity index (χ0n) is 15.7. The summed E-state index contributed by atoms with van der Waals surface area (Å²) in [4.78, 5) is 17.5. The molecule has 3 aromatic rings. The molecule has 0 aliphatic heterocycles. The van der Waals surface area contributed by atoms with Crippen LogP contribution >= 0.6 is 0 Å². The molecule has 7 nitrogen and oxygen atoms in total. The fourth-order valence-corrected chi connectivity index (χ4v) is 2.83. The van der Waals surface area contributed by atoms with Gasteiger partial charge in [0.05, 0.1) is 17.6 Å². The number of aromatic amines is 1. The van der Waals surface area contributed by atoms with Crippen LogP contribution in [-0.4, -0.2) is 39.6 Å². The van der Waals surface area contributed by atoms with Crippen molar-refractivity contribution in [3.05, 3.63) is 58.9 Å². The van der Waals surface area contributed by atoms with Crippen molar-refractivity contribution in [2.45, 2.75) is 25.6 Å². The summed E-state index contributed by atoms with van der Waals surface area (Å²) in [5.74, 6) is 0.421. The van der Waals surface area contributed by atoms with Crippen LogP contribution in [0.3, 0.4) is 0 Å². The molecule has 1 N–H and O–H groups in total. The summed E-state index contributed by atoms with van der Waals surface area (Å²) in [6.07, 6.45) is -1.16. The van der Waals surface area contributed by atoms with Crippen LogP contribution in [0.1, 0.15) is 25.3 Å². The van der Waals surface area contributed by atoms with Gasteiger partial charge in [-0.2, -0.15) is 18.3 Å². The van der Waals surface area contributed by atoms with Gasteiger partial charge in [0.2, 0.25) is 0 Å². The fourth-order valence-electron chi connectivity index (χ4n) is 2.83. The van der Waals surface area contributed by atoms with Crippen molar-refractivity contribution < 1.29 is 22.6 Å². The highest BCUT2D eigenvalue weighted by Crippen LogP contribution is 2.25. The van der Waals surface area contributed by atoms with E-state index in [1.54, 1.807) is 12.4 Å². The van der Waals surface area contributed by atoms with E-state index in [9.17, 15) is 18.0 Å². The Bertz CT molecular complexity index is 995. The van der Waals surface area contributed by atoms with E-state index >= 15 is 0 Å². The van der Waals surface area contributed by atoms with E-state index in [4.69, 9.17) is 9.47 Å². The van der Waals surface area contributed by atoms with E-state index in [-0.39, 0.29) is 11.3 Å². The van der Waals surface area contributed by atoms with Crippen molar-refractivity contribution in [3.8, 4) is 22.7 Å². The Kier molecular flexibility index (Phi) is 6.02. The Labute approximate surface area is 164 Å². The fraction of sp³-hybridized carbons (Fsp3) is 0.316. The number of H-pyrrole nitrogens is 1. The molecule has 0 aliphatic carbocycles. The highest BCUT2D eigenvalue weighted by molar-refractivity contribution is 5.56. The largest absolute Gasteiger partial charge is 0.484 e. The topological polar surface area (TPSA) is 82.0 Å². The van der Waals surface area contributed by atoms with Crippen molar-refractivity contribution in [1.29, 1.82) is 0 Å². The Balaban J connectivity index is 2.02. The number of hydrogen-bond acceptors (Lipinski definition) is 5. The SMILES string of the molecule is CCC(OC)c1nc(-c2cn[nH]c2)cc(=O)n1-c1ccc(OCC(F)(F)F)cc1. The molecular weight excluding hydrogens is 389 g/mol. The Morgan fingerprint density at radius 2 is 1.97 bits per heavy atom. The summed E-state index contributed by atoms with van der Waals surface area (Å²) in [5, 5.41) is 6.54. The second-order valence-electron chi connectivity index (χ2n) is 6.19. The summed E-state index contributed by atoms with van der Waals surface area (Å²) in [7, 11) is 1.52. The van der Waals surface area contributed by atoms with Crippen LogP contribution in [0.15, 0.2) is 47.5 Å². The molecule has 0 bridgehead atoms. The average molecular weight is 408 g/mol. The van der Waals surface area contributed by atoms with Crippen LogP contribution in [0.25, 0.3) is 16.9 Å². The number of nitrogens with one attached hydrogen (secondary N) is 1. The highest BCUT2D eigenvalue weighted by atomic mass is 19.4. The van der Waals surface area contributed by atoms with Crippen LogP contribution in [-0.2, 0) is 4.74 Å². The number of rotatable bonds is 7. The van der Waals surface area contributed by atoms with Crippen molar-refractivity contribution in [2.24, 2.45) is 0 Å². The normalized spacial score (nSPS) is 12.7. The minimum Gasteiger partial charge on any atom is -0.484 e. The van der Waals surface area contributed by atoms with Crippen LogP contribution < -0.4 is 10.3 Å². The molecule has 1 unspecified atom stereocenters. The maximum absolute atomic E-state index is 12.9. The predicted octanol–water partition coefficient (Wildman–Crippen LogP) is 3.66. The Morgan fingerprint density at radius 1 is 1.24 bits per heavy atom. The molecule has 0 fully saturated rings. The lowest BCUT2D eigenvalue weighted by molar-refractivity contribution is -0.153. The molecule has 0 amide bonds. The lowest BCUT2D eigenvalue weighted by Gasteiger charge is -2.19. The summed E-state index contributed by atoms with van der Waals surface area (Å²) in [6, 6.07) is 7.10. The van der Waals surface area contributed by atoms with Gasteiger partial charge in [0.1, 0.15) is 17.7 Å². The van der Waals surface area contributed by atoms with Gasteiger partial charge in [-0.15, -0.1) is 0 Å². The third-order valence-corrected chi connectivity index (χ3v) is 4.18. The molecule has 0 aliphatic rings. The van der Waals surface area contributed by atoms with Gasteiger partial charge in [0.15, 0.2) is 6.61 Å². The van der Waals surface area contributed by atoms with Gasteiger partial charge in [-0.1, -0.05) is 6.92 Å². The molecule has 0 saturated carbocycles. The second kappa shape index (κ2) is 8.48. The maximum atomic E-state index is 12.9. The van der Waals surface area contributed by atoms with Gasteiger partial charge in [0, 0.05) is 24.9 Å². The third kappa shape index (κ3) is 4.83. The van der Waals surface area contributed by atoms with Crippen LogP contribution in [0, 0.1) is 0 Å². The van der Waals surface area contributed by atoms with E-state index < -0.39 is 18.9 Å². The Hall–Kier alpha value is -3.14. The van der Waals surface area contributed by atoms with E-state index in [2.05, 4.69) is 15.2 Å². The number of methoxy groups -OCH3 is 1. The second-order valence-corrected chi connectivity index (χ2v) is 6.19. The first-order valence-corrected chi connectivity index (χ1v) is 8.78. The van der Waals surface area contributed by atoms with Gasteiger partial charge in [0.25, 0.3) is 5.56 Å². The summed E-state index contributed by atoms with van der Waals surface area (Å²) in [5.41, 5.74) is 1.17. The molecule has 0 spiro atoms. The van der Waals surface area contributed by atoms with E-state index in [1.165, 1.54) is 42.0 Å². The van der Waals surface area contributed by atoms with Gasteiger partial charge in [-0.05, 0) is 30.7 Å². The number of benzene rings is 1. The van der Waals surface area contributed by atoms with Crippen molar-refractivity contribution in [1.82, 2.24) is 19.7 Å². The molecule has 1 aromatic carbocycles. The summed E-state index contributed by atoms with van der Waals surface area (Å²) >= 11 is 0. The van der Waals surface area contributed by atoms with Gasteiger partial charge in [-0.25, -0.2) is 4.98 Å². The molecule has 154 valence electrons. The van der Waals surface area contributed by atoms with E-state index in [0.29, 0.717) is 29.2 Å². The minimum atomic E-state index is -4.43. The number of aromatic nitrogens is 4. The standard InChI is InChI=1S/C19H19F3N4O3/c1-3-16(28-2)18-25-15(12-9-23-24-10-12)8-17(27)26(18)13-4-6-14(7-5-13)29-11-19(20,21)22/h4-10,16H,3,11H2,1-2H3,(H,23,24). The molecule has 3 rings (SSSR count). The number of hydrogen-bond donors (Lipinski definition) is 1. The number of alkyl halides is 3. The first-order chi connectivity index (χ1) is 13.8. The zero-order valence-corrected chi connectivity index (χ0v) is 15.7. The Morgan fingerprint density at radius 3 is 2.52 bits per heavy atom. The summed E-state index contributed by atoms with van der Waals surface area (Å²) in [6.45, 7) is 0.503. The first-order valence-electron chi connectivity index (χ1n) is 8.78. The van der Waals surface area contributed by atoms with Crippen LogP contribution in [0.4, 0.5) is 13.2 Å². The minimum absolute atomic E-state index is 0.0439. The molecular formula is C19H19F3N4O3. The van der Waals surface area contributed by atoms with Gasteiger partial charge >= 0.3 is 6.18 Å². The molecule has 1 atom stereocenters. The quantitative estimate of drug-likeness (QED) is 0.645. The highest BCUT2D eigenvalue weighted by Gasteiger charge is 2.28. The smallest absolute Gasteiger partial charge is 0.422 e. The lowest BCUT2D eigenvalue weighted by Crippen LogP contribution is -2.26.